The van der Waals surface area contributed by atoms with Crippen molar-refractivity contribution in [2.24, 2.45) is 5.41 Å². The van der Waals surface area contributed by atoms with E-state index in [1.54, 1.807) is 12.1 Å². The number of carbonyl (C=O) groups is 1. The lowest BCUT2D eigenvalue weighted by atomic mass is 9.93. The number of hydrogen-bond donors (Lipinski definition) is 1. The molecule has 4 heteroatoms. The number of carboxylic acids is 1. The van der Waals surface area contributed by atoms with E-state index >= 15 is 0 Å². The molecule has 0 unspecified atom stereocenters. The second kappa shape index (κ2) is 5.77. The Morgan fingerprint density at radius 1 is 1.47 bits per heavy atom. The summed E-state index contributed by atoms with van der Waals surface area (Å²) in [6, 6.07) is 3.31. The van der Waals surface area contributed by atoms with Gasteiger partial charge in [0.15, 0.2) is 0 Å². The number of carboxylic acid groups (broad SMARTS) is 1. The maximum absolute atomic E-state index is 10.7. The molecule has 0 saturated heterocycles. The van der Waals surface area contributed by atoms with Gasteiger partial charge < -0.3 is 9.84 Å². The van der Waals surface area contributed by atoms with Crippen molar-refractivity contribution in [3.8, 4) is 0 Å². The minimum atomic E-state index is -1.01. The van der Waals surface area contributed by atoms with Gasteiger partial charge in [0.2, 0.25) is 0 Å². The van der Waals surface area contributed by atoms with Crippen LogP contribution < -0.4 is 0 Å². The number of aromatic carboxylic acids is 1. The Kier molecular flexibility index (Phi) is 4.63. The van der Waals surface area contributed by atoms with Gasteiger partial charge in [-0.15, -0.1) is 0 Å². The highest BCUT2D eigenvalue weighted by molar-refractivity contribution is 5.85. The molecule has 0 aliphatic rings. The number of nitrogens with zero attached hydrogens (tertiary/aromatic N) is 1. The summed E-state index contributed by atoms with van der Waals surface area (Å²) in [5.74, 6) is -1.01. The summed E-state index contributed by atoms with van der Waals surface area (Å²) in [6.45, 7) is 7.58. The van der Waals surface area contributed by atoms with Crippen LogP contribution in [0.2, 0.25) is 0 Å². The molecule has 0 aliphatic carbocycles. The summed E-state index contributed by atoms with van der Waals surface area (Å²) in [4.78, 5) is 14.5. The second-order valence-corrected chi connectivity index (χ2v) is 5.22. The monoisotopic (exact) mass is 237 g/mol. The third kappa shape index (κ3) is 5.45. The summed E-state index contributed by atoms with van der Waals surface area (Å²) < 4.78 is 5.51. The predicted octanol–water partition coefficient (Wildman–Crippen LogP) is 2.73. The normalized spacial score (nSPS) is 11.5. The molecule has 1 heterocycles. The maximum Gasteiger partial charge on any atom is 0.354 e. The molecule has 0 fully saturated rings. The first-order chi connectivity index (χ1) is 7.88. The topological polar surface area (TPSA) is 59.4 Å². The molecule has 0 amide bonds. The zero-order valence-electron chi connectivity index (χ0n) is 10.6. The first-order valence-electron chi connectivity index (χ1n) is 5.64. The summed E-state index contributed by atoms with van der Waals surface area (Å²) in [5.41, 5.74) is 1.15. The molecule has 4 nitrogen and oxygen atoms in total. The highest BCUT2D eigenvalue weighted by Crippen LogP contribution is 2.18. The van der Waals surface area contributed by atoms with E-state index < -0.39 is 5.97 Å². The molecule has 94 valence electrons. The van der Waals surface area contributed by atoms with Crippen molar-refractivity contribution >= 4 is 5.97 Å². The largest absolute Gasteiger partial charge is 0.477 e. The van der Waals surface area contributed by atoms with E-state index in [0.717, 1.165) is 12.0 Å². The van der Waals surface area contributed by atoms with Crippen LogP contribution in [0.3, 0.4) is 0 Å². The van der Waals surface area contributed by atoms with Crippen molar-refractivity contribution in [1.29, 1.82) is 0 Å². The van der Waals surface area contributed by atoms with E-state index in [-0.39, 0.29) is 11.1 Å². The Balaban J connectivity index is 2.42. The lowest BCUT2D eigenvalue weighted by Gasteiger charge is -2.17. The van der Waals surface area contributed by atoms with Crippen LogP contribution in [0.5, 0.6) is 0 Å². The van der Waals surface area contributed by atoms with E-state index in [2.05, 4.69) is 25.8 Å². The Morgan fingerprint density at radius 3 is 2.76 bits per heavy atom. The Hall–Kier alpha value is -1.42. The van der Waals surface area contributed by atoms with Gasteiger partial charge in [0.1, 0.15) is 5.69 Å². The van der Waals surface area contributed by atoms with Gasteiger partial charge in [0, 0.05) is 12.8 Å². The molecule has 17 heavy (non-hydrogen) atoms. The Morgan fingerprint density at radius 2 is 2.18 bits per heavy atom. The van der Waals surface area contributed by atoms with Crippen LogP contribution in [0.1, 0.15) is 43.2 Å². The third-order valence-electron chi connectivity index (χ3n) is 2.31. The van der Waals surface area contributed by atoms with Crippen molar-refractivity contribution in [3.05, 3.63) is 29.6 Å². The van der Waals surface area contributed by atoms with E-state index in [1.165, 1.54) is 6.20 Å². The van der Waals surface area contributed by atoms with E-state index in [9.17, 15) is 4.79 Å². The summed E-state index contributed by atoms with van der Waals surface area (Å²) in [6.07, 6.45) is 2.47. The number of ether oxygens (including phenoxy) is 1. The van der Waals surface area contributed by atoms with Crippen LogP contribution in [-0.2, 0) is 11.3 Å². The van der Waals surface area contributed by atoms with Gasteiger partial charge in [-0.05, 0) is 29.5 Å². The van der Waals surface area contributed by atoms with Gasteiger partial charge in [-0.1, -0.05) is 20.8 Å². The molecule has 0 atom stereocenters. The summed E-state index contributed by atoms with van der Waals surface area (Å²) in [5, 5.41) is 8.78. The van der Waals surface area contributed by atoms with Crippen LogP contribution in [0.25, 0.3) is 0 Å². The number of pyridine rings is 1. The first kappa shape index (κ1) is 13.6. The average Bonchev–Trinajstić information content (AvgIpc) is 2.23. The molecule has 1 aromatic rings. The SMILES string of the molecule is CC(C)(C)CCOCc1ccnc(C(=O)O)c1. The van der Waals surface area contributed by atoms with Crippen molar-refractivity contribution in [3.63, 3.8) is 0 Å². The molecule has 0 bridgehead atoms. The average molecular weight is 237 g/mol. The van der Waals surface area contributed by atoms with E-state index in [1.807, 2.05) is 0 Å². The minimum Gasteiger partial charge on any atom is -0.477 e. The van der Waals surface area contributed by atoms with Crippen LogP contribution in [0.15, 0.2) is 18.3 Å². The Bertz CT molecular complexity index is 382. The molecule has 1 rings (SSSR count). The van der Waals surface area contributed by atoms with E-state index in [0.29, 0.717) is 13.2 Å². The predicted molar refractivity (Wildman–Crippen MR) is 64.9 cm³/mol. The summed E-state index contributed by atoms with van der Waals surface area (Å²) in [7, 11) is 0. The molecule has 1 N–H and O–H groups in total. The standard InChI is InChI=1S/C13H19NO3/c1-13(2,3)5-7-17-9-10-4-6-14-11(8-10)12(15)16/h4,6,8H,5,7,9H2,1-3H3,(H,15,16). The zero-order chi connectivity index (χ0) is 12.9. The van der Waals surface area contributed by atoms with Gasteiger partial charge in [-0.3, -0.25) is 0 Å². The third-order valence-corrected chi connectivity index (χ3v) is 2.31. The highest BCUT2D eigenvalue weighted by atomic mass is 16.5. The van der Waals surface area contributed by atoms with Crippen molar-refractivity contribution in [2.45, 2.75) is 33.8 Å². The molecule has 0 spiro atoms. The minimum absolute atomic E-state index is 0.0573. The second-order valence-electron chi connectivity index (χ2n) is 5.22. The molecule has 0 saturated carbocycles. The molecule has 0 aliphatic heterocycles. The fourth-order valence-electron chi connectivity index (χ4n) is 1.25. The van der Waals surface area contributed by atoms with Crippen LogP contribution in [0, 0.1) is 5.41 Å². The van der Waals surface area contributed by atoms with Crippen molar-refractivity contribution in [2.75, 3.05) is 6.61 Å². The van der Waals surface area contributed by atoms with Gasteiger partial charge >= 0.3 is 5.97 Å². The maximum atomic E-state index is 10.7. The van der Waals surface area contributed by atoms with E-state index in [4.69, 9.17) is 9.84 Å². The first-order valence-corrected chi connectivity index (χ1v) is 5.64. The van der Waals surface area contributed by atoms with Gasteiger partial charge in [0.05, 0.1) is 6.61 Å². The molecular formula is C13H19NO3. The van der Waals surface area contributed by atoms with Crippen molar-refractivity contribution in [1.82, 2.24) is 4.98 Å². The number of hydrogen-bond acceptors (Lipinski definition) is 3. The van der Waals surface area contributed by atoms with Crippen molar-refractivity contribution < 1.29 is 14.6 Å². The molecule has 0 radical (unpaired) electrons. The van der Waals surface area contributed by atoms with Gasteiger partial charge in [0.25, 0.3) is 0 Å². The fourth-order valence-corrected chi connectivity index (χ4v) is 1.25. The van der Waals surface area contributed by atoms with Crippen LogP contribution >= 0.6 is 0 Å². The number of rotatable bonds is 5. The lowest BCUT2D eigenvalue weighted by Crippen LogP contribution is -2.09. The molecule has 0 aromatic carbocycles. The highest BCUT2D eigenvalue weighted by Gasteiger charge is 2.09. The van der Waals surface area contributed by atoms with Crippen LogP contribution in [0.4, 0.5) is 0 Å². The quantitative estimate of drug-likeness (QED) is 0.800. The molecular weight excluding hydrogens is 218 g/mol. The van der Waals surface area contributed by atoms with Gasteiger partial charge in [-0.25, -0.2) is 9.78 Å². The fraction of sp³-hybridized carbons (Fsp3) is 0.538. The smallest absolute Gasteiger partial charge is 0.354 e. The zero-order valence-corrected chi connectivity index (χ0v) is 10.6. The summed E-state index contributed by atoms with van der Waals surface area (Å²) >= 11 is 0. The Labute approximate surface area is 102 Å². The van der Waals surface area contributed by atoms with Gasteiger partial charge in [-0.2, -0.15) is 0 Å². The molecule has 1 aromatic heterocycles. The lowest BCUT2D eigenvalue weighted by molar-refractivity contribution is 0.0689. The van der Waals surface area contributed by atoms with Crippen LogP contribution in [-0.4, -0.2) is 22.7 Å². The number of aromatic nitrogens is 1.